The van der Waals surface area contributed by atoms with Gasteiger partial charge in [0.15, 0.2) is 0 Å². The Balaban J connectivity index is 1.98. The number of aryl methyl sites for hydroxylation is 1. The quantitative estimate of drug-likeness (QED) is 0.630. The highest BCUT2D eigenvalue weighted by Crippen LogP contribution is 2.21. The molecule has 0 N–H and O–H groups in total. The van der Waals surface area contributed by atoms with Gasteiger partial charge in [0.25, 0.3) is 0 Å². The third kappa shape index (κ3) is 4.13. The summed E-state index contributed by atoms with van der Waals surface area (Å²) in [6, 6.07) is 17.0. The molecule has 0 bridgehead atoms. The van der Waals surface area contributed by atoms with Crippen molar-refractivity contribution in [2.75, 3.05) is 6.61 Å². The van der Waals surface area contributed by atoms with Crippen LogP contribution in [0.4, 0.5) is 0 Å². The zero-order chi connectivity index (χ0) is 19.2. The molecule has 6 heteroatoms. The third-order valence-electron chi connectivity index (χ3n) is 4.22. The van der Waals surface area contributed by atoms with Gasteiger partial charge in [0.2, 0.25) is 0 Å². The standard InChI is InChI=1S/C21H18N4O2/c1-2-27-21(26)8-9-25-19-7-6-17(14-23)11-18(19)24-20(25)12-15-4-3-5-16(10-15)13-22/h3-7,10-11H,2,8-9,12H2,1H3. The zero-order valence-electron chi connectivity index (χ0n) is 15.0. The van der Waals surface area contributed by atoms with Crippen LogP contribution in [0, 0.1) is 22.7 Å². The van der Waals surface area contributed by atoms with E-state index in [0.29, 0.717) is 36.2 Å². The summed E-state index contributed by atoms with van der Waals surface area (Å²) < 4.78 is 7.00. The summed E-state index contributed by atoms with van der Waals surface area (Å²) in [5.41, 5.74) is 3.67. The Hall–Kier alpha value is -3.64. The number of hydrogen-bond acceptors (Lipinski definition) is 5. The maximum absolute atomic E-state index is 11.8. The molecule has 0 amide bonds. The summed E-state index contributed by atoms with van der Waals surface area (Å²) in [6.45, 7) is 2.57. The SMILES string of the molecule is CCOC(=O)CCn1c(Cc2cccc(C#N)c2)nc2cc(C#N)ccc21. The number of nitrogens with zero attached hydrogens (tertiary/aromatic N) is 4. The van der Waals surface area contributed by atoms with Gasteiger partial charge in [-0.15, -0.1) is 0 Å². The maximum Gasteiger partial charge on any atom is 0.307 e. The molecule has 0 aliphatic rings. The molecule has 27 heavy (non-hydrogen) atoms. The Morgan fingerprint density at radius 1 is 1.15 bits per heavy atom. The van der Waals surface area contributed by atoms with E-state index in [2.05, 4.69) is 17.1 Å². The van der Waals surface area contributed by atoms with Crippen molar-refractivity contribution >= 4 is 17.0 Å². The third-order valence-corrected chi connectivity index (χ3v) is 4.22. The van der Waals surface area contributed by atoms with Crippen LogP contribution >= 0.6 is 0 Å². The second-order valence-corrected chi connectivity index (χ2v) is 6.04. The number of nitriles is 2. The van der Waals surface area contributed by atoms with Crippen LogP contribution in [0.25, 0.3) is 11.0 Å². The molecule has 6 nitrogen and oxygen atoms in total. The molecule has 0 aliphatic heterocycles. The Kier molecular flexibility index (Phi) is 5.49. The van der Waals surface area contributed by atoms with Gasteiger partial charge in [0.05, 0.1) is 47.3 Å². The van der Waals surface area contributed by atoms with Crippen LogP contribution < -0.4 is 0 Å². The normalized spacial score (nSPS) is 10.3. The average molecular weight is 358 g/mol. The van der Waals surface area contributed by atoms with Gasteiger partial charge in [-0.05, 0) is 42.8 Å². The highest BCUT2D eigenvalue weighted by atomic mass is 16.5. The topological polar surface area (TPSA) is 91.7 Å². The summed E-state index contributed by atoms with van der Waals surface area (Å²) >= 11 is 0. The molecule has 134 valence electrons. The smallest absolute Gasteiger partial charge is 0.307 e. The predicted molar refractivity (Wildman–Crippen MR) is 99.7 cm³/mol. The van der Waals surface area contributed by atoms with Crippen molar-refractivity contribution in [2.24, 2.45) is 0 Å². The number of fused-ring (bicyclic) bond motifs is 1. The van der Waals surface area contributed by atoms with Crippen molar-refractivity contribution in [3.05, 3.63) is 65.0 Å². The van der Waals surface area contributed by atoms with Gasteiger partial charge in [-0.25, -0.2) is 4.98 Å². The molecule has 3 rings (SSSR count). The molecule has 2 aromatic carbocycles. The van der Waals surface area contributed by atoms with Crippen molar-refractivity contribution in [3.8, 4) is 12.1 Å². The van der Waals surface area contributed by atoms with Crippen LogP contribution in [-0.4, -0.2) is 22.1 Å². The van der Waals surface area contributed by atoms with E-state index < -0.39 is 0 Å². The van der Waals surface area contributed by atoms with Gasteiger partial charge >= 0.3 is 5.97 Å². The monoisotopic (exact) mass is 358 g/mol. The lowest BCUT2D eigenvalue weighted by Gasteiger charge is -2.09. The van der Waals surface area contributed by atoms with Crippen LogP contribution in [-0.2, 0) is 22.5 Å². The first-order valence-electron chi connectivity index (χ1n) is 8.68. The number of benzene rings is 2. The molecule has 1 heterocycles. The van der Waals surface area contributed by atoms with Crippen molar-refractivity contribution in [1.29, 1.82) is 10.5 Å². The Morgan fingerprint density at radius 2 is 1.93 bits per heavy atom. The second kappa shape index (κ2) is 8.16. The lowest BCUT2D eigenvalue weighted by molar-refractivity contribution is -0.143. The molecular formula is C21H18N4O2. The first-order chi connectivity index (χ1) is 13.1. The van der Waals surface area contributed by atoms with Crippen molar-refractivity contribution in [1.82, 2.24) is 9.55 Å². The minimum absolute atomic E-state index is 0.241. The van der Waals surface area contributed by atoms with Gasteiger partial charge in [-0.1, -0.05) is 12.1 Å². The number of rotatable bonds is 6. The van der Waals surface area contributed by atoms with Crippen molar-refractivity contribution in [2.45, 2.75) is 26.3 Å². The Labute approximate surface area is 157 Å². The highest BCUT2D eigenvalue weighted by Gasteiger charge is 2.14. The number of aromatic nitrogens is 2. The van der Waals surface area contributed by atoms with Gasteiger partial charge in [0, 0.05) is 13.0 Å². The Bertz CT molecular complexity index is 1070. The summed E-state index contributed by atoms with van der Waals surface area (Å²) in [6.07, 6.45) is 0.763. The molecular weight excluding hydrogens is 340 g/mol. The number of hydrogen-bond donors (Lipinski definition) is 0. The molecule has 0 aliphatic carbocycles. The maximum atomic E-state index is 11.8. The van der Waals surface area contributed by atoms with Crippen molar-refractivity contribution in [3.63, 3.8) is 0 Å². The minimum atomic E-state index is -0.259. The fourth-order valence-corrected chi connectivity index (χ4v) is 3.00. The molecule has 1 aromatic heterocycles. The van der Waals surface area contributed by atoms with E-state index in [1.165, 1.54) is 0 Å². The fourth-order valence-electron chi connectivity index (χ4n) is 3.00. The first-order valence-corrected chi connectivity index (χ1v) is 8.68. The van der Waals surface area contributed by atoms with Crippen LogP contribution in [0.15, 0.2) is 42.5 Å². The average Bonchev–Trinajstić information content (AvgIpc) is 3.02. The van der Waals surface area contributed by atoms with E-state index in [1.807, 2.05) is 28.8 Å². The van der Waals surface area contributed by atoms with E-state index in [-0.39, 0.29) is 12.4 Å². The van der Waals surface area contributed by atoms with Crippen molar-refractivity contribution < 1.29 is 9.53 Å². The van der Waals surface area contributed by atoms with Gasteiger partial charge in [-0.3, -0.25) is 4.79 Å². The molecule has 0 fully saturated rings. The van der Waals surface area contributed by atoms with E-state index >= 15 is 0 Å². The number of carbonyl (C=O) groups is 1. The molecule has 0 radical (unpaired) electrons. The number of imidazole rings is 1. The van der Waals surface area contributed by atoms with Crippen LogP contribution in [0.1, 0.15) is 35.9 Å². The lowest BCUT2D eigenvalue weighted by atomic mass is 10.1. The molecule has 0 unspecified atom stereocenters. The van der Waals surface area contributed by atoms with Crippen LogP contribution in [0.2, 0.25) is 0 Å². The van der Waals surface area contributed by atoms with E-state index in [0.717, 1.165) is 16.9 Å². The first kappa shape index (κ1) is 18.2. The minimum Gasteiger partial charge on any atom is -0.466 e. The number of ether oxygens (including phenoxy) is 1. The van der Waals surface area contributed by atoms with Gasteiger partial charge in [0.1, 0.15) is 5.82 Å². The largest absolute Gasteiger partial charge is 0.466 e. The predicted octanol–water partition coefficient (Wildman–Crippen LogP) is 3.32. The van der Waals surface area contributed by atoms with Crippen LogP contribution in [0.3, 0.4) is 0 Å². The van der Waals surface area contributed by atoms with E-state index in [1.54, 1.807) is 25.1 Å². The highest BCUT2D eigenvalue weighted by molar-refractivity contribution is 5.78. The number of esters is 1. The molecule has 0 saturated heterocycles. The summed E-state index contributed by atoms with van der Waals surface area (Å²) in [7, 11) is 0. The molecule has 0 atom stereocenters. The van der Waals surface area contributed by atoms with E-state index in [4.69, 9.17) is 15.3 Å². The summed E-state index contributed by atoms with van der Waals surface area (Å²) in [4.78, 5) is 16.5. The zero-order valence-corrected chi connectivity index (χ0v) is 15.0. The summed E-state index contributed by atoms with van der Waals surface area (Å²) in [5, 5.41) is 18.2. The molecule has 0 spiro atoms. The van der Waals surface area contributed by atoms with Gasteiger partial charge < -0.3 is 9.30 Å². The lowest BCUT2D eigenvalue weighted by Crippen LogP contribution is -2.11. The fraction of sp³-hybridized carbons (Fsp3) is 0.238. The van der Waals surface area contributed by atoms with E-state index in [9.17, 15) is 4.79 Å². The molecule has 3 aromatic rings. The number of carbonyl (C=O) groups excluding carboxylic acids is 1. The van der Waals surface area contributed by atoms with Gasteiger partial charge in [-0.2, -0.15) is 10.5 Å². The van der Waals surface area contributed by atoms with Crippen LogP contribution in [0.5, 0.6) is 0 Å². The molecule has 0 saturated carbocycles. The summed E-state index contributed by atoms with van der Waals surface area (Å²) in [5.74, 6) is 0.518. The second-order valence-electron chi connectivity index (χ2n) is 6.04. The Morgan fingerprint density at radius 3 is 2.67 bits per heavy atom.